The highest BCUT2D eigenvalue weighted by molar-refractivity contribution is 5.46. The van der Waals surface area contributed by atoms with Crippen molar-refractivity contribution in [2.24, 2.45) is 0 Å². The van der Waals surface area contributed by atoms with Gasteiger partial charge in [0.1, 0.15) is 6.10 Å². The number of aliphatic hydroxyl groups is 1. The lowest BCUT2D eigenvalue weighted by Crippen LogP contribution is -2.11. The zero-order chi connectivity index (χ0) is 15.0. The summed E-state index contributed by atoms with van der Waals surface area (Å²) < 4.78 is 10.6. The Morgan fingerprint density at radius 2 is 1.52 bits per heavy atom. The van der Waals surface area contributed by atoms with Crippen molar-refractivity contribution < 1.29 is 14.6 Å². The second kappa shape index (κ2) is 5.08. The molecule has 1 N–H and O–H groups in total. The molecular formula is C18H20O3. The van der Waals surface area contributed by atoms with Gasteiger partial charge in [0.05, 0.1) is 0 Å². The van der Waals surface area contributed by atoms with E-state index in [0.29, 0.717) is 5.75 Å². The van der Waals surface area contributed by atoms with Crippen LogP contribution in [-0.2, 0) is 5.41 Å². The molecule has 3 nitrogen and oxygen atoms in total. The van der Waals surface area contributed by atoms with Crippen LogP contribution in [0.1, 0.15) is 43.6 Å². The predicted molar refractivity (Wildman–Crippen MR) is 81.8 cm³/mol. The SMILES string of the molecule is CC(C)(C)c1ccc(C(O)c2ccc3c(c2)OCO3)cc1. The van der Waals surface area contributed by atoms with Crippen molar-refractivity contribution in [2.75, 3.05) is 6.79 Å². The number of fused-ring (bicyclic) bond motifs is 1. The largest absolute Gasteiger partial charge is 0.454 e. The van der Waals surface area contributed by atoms with Gasteiger partial charge in [0, 0.05) is 0 Å². The van der Waals surface area contributed by atoms with Crippen LogP contribution in [0.5, 0.6) is 11.5 Å². The van der Waals surface area contributed by atoms with Crippen LogP contribution in [-0.4, -0.2) is 11.9 Å². The average Bonchev–Trinajstić information content (AvgIpc) is 2.93. The Balaban J connectivity index is 1.86. The number of benzene rings is 2. The van der Waals surface area contributed by atoms with Crippen LogP contribution in [0.3, 0.4) is 0 Å². The molecule has 0 fully saturated rings. The molecule has 1 heterocycles. The van der Waals surface area contributed by atoms with Gasteiger partial charge in [-0.2, -0.15) is 0 Å². The summed E-state index contributed by atoms with van der Waals surface area (Å²) in [4.78, 5) is 0. The lowest BCUT2D eigenvalue weighted by atomic mass is 9.86. The van der Waals surface area contributed by atoms with Crippen molar-refractivity contribution in [1.82, 2.24) is 0 Å². The van der Waals surface area contributed by atoms with Crippen LogP contribution in [0, 0.1) is 0 Å². The van der Waals surface area contributed by atoms with E-state index in [1.54, 1.807) is 0 Å². The molecule has 2 aromatic rings. The third kappa shape index (κ3) is 2.74. The van der Waals surface area contributed by atoms with Gasteiger partial charge in [-0.1, -0.05) is 51.1 Å². The molecule has 3 heteroatoms. The first kappa shape index (κ1) is 14.0. The molecule has 1 atom stereocenters. The van der Waals surface area contributed by atoms with Crippen molar-refractivity contribution in [3.63, 3.8) is 0 Å². The third-order valence-corrected chi connectivity index (χ3v) is 3.80. The Bertz CT molecular complexity index is 639. The van der Waals surface area contributed by atoms with Crippen LogP contribution >= 0.6 is 0 Å². The molecular weight excluding hydrogens is 264 g/mol. The number of ether oxygens (including phenoxy) is 2. The minimum atomic E-state index is -0.659. The number of hydrogen-bond acceptors (Lipinski definition) is 3. The predicted octanol–water partition coefficient (Wildman–Crippen LogP) is 3.79. The van der Waals surface area contributed by atoms with Crippen LogP contribution in [0.15, 0.2) is 42.5 Å². The van der Waals surface area contributed by atoms with Gasteiger partial charge in [-0.25, -0.2) is 0 Å². The number of rotatable bonds is 2. The highest BCUT2D eigenvalue weighted by Crippen LogP contribution is 2.35. The van der Waals surface area contributed by atoms with Gasteiger partial charge in [-0.15, -0.1) is 0 Å². The zero-order valence-electron chi connectivity index (χ0n) is 12.6. The fourth-order valence-electron chi connectivity index (χ4n) is 2.44. The second-order valence-corrected chi connectivity index (χ2v) is 6.39. The highest BCUT2D eigenvalue weighted by Gasteiger charge is 2.19. The third-order valence-electron chi connectivity index (χ3n) is 3.80. The maximum atomic E-state index is 10.5. The van der Waals surface area contributed by atoms with Crippen molar-refractivity contribution >= 4 is 0 Å². The monoisotopic (exact) mass is 284 g/mol. The van der Waals surface area contributed by atoms with Crippen molar-refractivity contribution in [1.29, 1.82) is 0 Å². The molecule has 1 aliphatic rings. The maximum absolute atomic E-state index is 10.5. The molecule has 0 saturated heterocycles. The molecule has 21 heavy (non-hydrogen) atoms. The molecule has 0 bridgehead atoms. The van der Waals surface area contributed by atoms with E-state index in [1.165, 1.54) is 5.56 Å². The van der Waals surface area contributed by atoms with Crippen LogP contribution in [0.4, 0.5) is 0 Å². The van der Waals surface area contributed by atoms with Crippen molar-refractivity contribution in [2.45, 2.75) is 32.3 Å². The number of aliphatic hydroxyl groups excluding tert-OH is 1. The highest BCUT2D eigenvalue weighted by atomic mass is 16.7. The fourth-order valence-corrected chi connectivity index (χ4v) is 2.44. The fraction of sp³-hybridized carbons (Fsp3) is 0.333. The zero-order valence-corrected chi connectivity index (χ0v) is 12.6. The molecule has 1 unspecified atom stereocenters. The van der Waals surface area contributed by atoms with Gasteiger partial charge in [0.2, 0.25) is 6.79 Å². The first-order chi connectivity index (χ1) is 9.95. The molecule has 0 radical (unpaired) electrons. The Hall–Kier alpha value is -2.00. The summed E-state index contributed by atoms with van der Waals surface area (Å²) >= 11 is 0. The Kier molecular flexibility index (Phi) is 3.38. The van der Waals surface area contributed by atoms with Gasteiger partial charge in [0.15, 0.2) is 11.5 Å². The topological polar surface area (TPSA) is 38.7 Å². The summed E-state index contributed by atoms with van der Waals surface area (Å²) in [6.45, 7) is 6.78. The van der Waals surface area contributed by atoms with Crippen molar-refractivity contribution in [3.8, 4) is 11.5 Å². The minimum absolute atomic E-state index is 0.113. The van der Waals surface area contributed by atoms with Gasteiger partial charge in [-0.05, 0) is 34.2 Å². The lowest BCUT2D eigenvalue weighted by Gasteiger charge is -2.20. The second-order valence-electron chi connectivity index (χ2n) is 6.39. The molecule has 1 aliphatic heterocycles. The van der Waals surface area contributed by atoms with Gasteiger partial charge >= 0.3 is 0 Å². The molecule has 0 aliphatic carbocycles. The summed E-state index contributed by atoms with van der Waals surface area (Å²) in [7, 11) is 0. The first-order valence-electron chi connectivity index (χ1n) is 7.13. The molecule has 0 spiro atoms. The van der Waals surface area contributed by atoms with E-state index in [4.69, 9.17) is 9.47 Å². The van der Waals surface area contributed by atoms with E-state index >= 15 is 0 Å². The average molecular weight is 284 g/mol. The van der Waals surface area contributed by atoms with Gasteiger partial charge in [-0.3, -0.25) is 0 Å². The first-order valence-corrected chi connectivity index (χ1v) is 7.13. The minimum Gasteiger partial charge on any atom is -0.454 e. The maximum Gasteiger partial charge on any atom is 0.231 e. The van der Waals surface area contributed by atoms with E-state index < -0.39 is 6.10 Å². The van der Waals surface area contributed by atoms with Crippen LogP contribution < -0.4 is 9.47 Å². The van der Waals surface area contributed by atoms with E-state index in [9.17, 15) is 5.11 Å². The normalized spacial score (nSPS) is 15.0. The molecule has 0 saturated carbocycles. The molecule has 0 aromatic heterocycles. The summed E-state index contributed by atoms with van der Waals surface area (Å²) in [6, 6.07) is 13.7. The lowest BCUT2D eigenvalue weighted by molar-refractivity contribution is 0.173. The van der Waals surface area contributed by atoms with E-state index in [0.717, 1.165) is 16.9 Å². The van der Waals surface area contributed by atoms with Crippen molar-refractivity contribution in [3.05, 3.63) is 59.2 Å². The van der Waals surface area contributed by atoms with Gasteiger partial charge in [0.25, 0.3) is 0 Å². The van der Waals surface area contributed by atoms with Crippen LogP contribution in [0.25, 0.3) is 0 Å². The Labute approximate surface area is 125 Å². The molecule has 2 aromatic carbocycles. The number of hydrogen-bond donors (Lipinski definition) is 1. The molecule has 110 valence electrons. The van der Waals surface area contributed by atoms with Gasteiger partial charge < -0.3 is 14.6 Å². The Morgan fingerprint density at radius 3 is 2.19 bits per heavy atom. The quantitative estimate of drug-likeness (QED) is 0.911. The Morgan fingerprint density at radius 1 is 0.905 bits per heavy atom. The summed E-state index contributed by atoms with van der Waals surface area (Å²) in [5.74, 6) is 1.42. The summed E-state index contributed by atoms with van der Waals surface area (Å²) in [6.07, 6.45) is -0.659. The van der Waals surface area contributed by atoms with E-state index in [-0.39, 0.29) is 12.2 Å². The molecule has 3 rings (SSSR count). The summed E-state index contributed by atoms with van der Waals surface area (Å²) in [5.41, 5.74) is 3.05. The van der Waals surface area contributed by atoms with E-state index in [1.807, 2.05) is 30.3 Å². The van der Waals surface area contributed by atoms with E-state index in [2.05, 4.69) is 32.9 Å². The molecule has 0 amide bonds. The van der Waals surface area contributed by atoms with Crippen LogP contribution in [0.2, 0.25) is 0 Å². The smallest absolute Gasteiger partial charge is 0.231 e. The standard InChI is InChI=1S/C18H20O3/c1-18(2,3)14-7-4-12(5-8-14)17(19)13-6-9-15-16(10-13)21-11-20-15/h4-10,17,19H,11H2,1-3H3. The summed E-state index contributed by atoms with van der Waals surface area (Å²) in [5, 5.41) is 10.5.